The molecule has 3 aromatic rings. The summed E-state index contributed by atoms with van der Waals surface area (Å²) in [5, 5.41) is 3.45. The molecule has 0 aliphatic carbocycles. The molecule has 0 fully saturated rings. The van der Waals surface area contributed by atoms with Gasteiger partial charge in [0.2, 0.25) is 12.7 Å². The molecular formula is C19H19N3O4S. The predicted octanol–water partition coefficient (Wildman–Crippen LogP) is 2.16. The van der Waals surface area contributed by atoms with Gasteiger partial charge >= 0.3 is 0 Å². The van der Waals surface area contributed by atoms with Gasteiger partial charge in [-0.25, -0.2) is 4.98 Å². The first-order valence-corrected chi connectivity index (χ1v) is 9.45. The van der Waals surface area contributed by atoms with E-state index >= 15 is 0 Å². The van der Waals surface area contributed by atoms with Crippen molar-refractivity contribution in [3.05, 3.63) is 50.9 Å². The molecule has 0 atom stereocenters. The quantitative estimate of drug-likeness (QED) is 0.728. The zero-order valence-electron chi connectivity index (χ0n) is 15.1. The van der Waals surface area contributed by atoms with E-state index in [9.17, 15) is 9.59 Å². The molecule has 1 aliphatic heterocycles. The Labute approximate surface area is 159 Å². The van der Waals surface area contributed by atoms with Crippen LogP contribution in [0.1, 0.15) is 16.0 Å². The fourth-order valence-electron chi connectivity index (χ4n) is 3.04. The number of nitrogens with one attached hydrogen (secondary N) is 1. The summed E-state index contributed by atoms with van der Waals surface area (Å²) in [6.07, 6.45) is 2.11. The highest BCUT2D eigenvalue weighted by atomic mass is 32.1. The Morgan fingerprint density at radius 3 is 2.96 bits per heavy atom. The number of ether oxygens (including phenoxy) is 2. The smallest absolute Gasteiger partial charge is 0.262 e. The summed E-state index contributed by atoms with van der Waals surface area (Å²) in [5.74, 6) is 1.25. The molecule has 0 spiro atoms. The lowest BCUT2D eigenvalue weighted by Gasteiger charge is -2.08. The first-order valence-electron chi connectivity index (χ1n) is 8.63. The van der Waals surface area contributed by atoms with Crippen molar-refractivity contribution in [2.24, 2.45) is 0 Å². The van der Waals surface area contributed by atoms with Gasteiger partial charge in [-0.15, -0.1) is 11.3 Å². The average molecular weight is 385 g/mol. The Morgan fingerprint density at radius 2 is 2.11 bits per heavy atom. The summed E-state index contributed by atoms with van der Waals surface area (Å²) in [4.78, 5) is 31.0. The maximum atomic E-state index is 12.6. The maximum Gasteiger partial charge on any atom is 0.262 e. The van der Waals surface area contributed by atoms with Crippen molar-refractivity contribution in [1.29, 1.82) is 0 Å². The van der Waals surface area contributed by atoms with Crippen molar-refractivity contribution in [2.45, 2.75) is 26.8 Å². The zero-order chi connectivity index (χ0) is 19.0. The summed E-state index contributed by atoms with van der Waals surface area (Å²) >= 11 is 1.50. The van der Waals surface area contributed by atoms with Crippen molar-refractivity contribution in [3.63, 3.8) is 0 Å². The molecule has 4 rings (SSSR count). The third kappa shape index (κ3) is 3.40. The van der Waals surface area contributed by atoms with Gasteiger partial charge in [0, 0.05) is 11.4 Å². The molecule has 0 unspecified atom stereocenters. The fraction of sp³-hybridized carbons (Fsp3) is 0.316. The predicted molar refractivity (Wildman–Crippen MR) is 103 cm³/mol. The van der Waals surface area contributed by atoms with E-state index in [1.807, 2.05) is 32.0 Å². The Bertz CT molecular complexity index is 1090. The average Bonchev–Trinajstić information content (AvgIpc) is 3.22. The van der Waals surface area contributed by atoms with Crippen LogP contribution < -0.4 is 20.3 Å². The molecule has 27 heavy (non-hydrogen) atoms. The van der Waals surface area contributed by atoms with Crippen LogP contribution in [0.15, 0.2) is 29.3 Å². The number of aryl methyl sites for hydroxylation is 2. The third-order valence-corrected chi connectivity index (χ3v) is 5.76. The SMILES string of the molecule is Cc1sc2ncn(CC(=O)NCCc3ccc4c(c3)OCO4)c(=O)c2c1C. The van der Waals surface area contributed by atoms with Crippen LogP contribution in [0.3, 0.4) is 0 Å². The van der Waals surface area contributed by atoms with Crippen LogP contribution in [0.25, 0.3) is 10.2 Å². The van der Waals surface area contributed by atoms with Crippen LogP contribution in [0.2, 0.25) is 0 Å². The first kappa shape index (κ1) is 17.5. The van der Waals surface area contributed by atoms with Crippen LogP contribution in [0.4, 0.5) is 0 Å². The summed E-state index contributed by atoms with van der Waals surface area (Å²) in [6, 6.07) is 5.73. The summed E-state index contributed by atoms with van der Waals surface area (Å²) in [5.41, 5.74) is 1.81. The van der Waals surface area contributed by atoms with Gasteiger partial charge in [-0.2, -0.15) is 0 Å². The van der Waals surface area contributed by atoms with E-state index in [4.69, 9.17) is 9.47 Å². The molecule has 0 radical (unpaired) electrons. The van der Waals surface area contributed by atoms with Gasteiger partial charge in [-0.05, 0) is 43.5 Å². The number of aromatic nitrogens is 2. The molecule has 8 heteroatoms. The van der Waals surface area contributed by atoms with Crippen LogP contribution in [-0.4, -0.2) is 28.8 Å². The van der Waals surface area contributed by atoms with Gasteiger partial charge < -0.3 is 14.8 Å². The Hall–Kier alpha value is -2.87. The number of benzene rings is 1. The topological polar surface area (TPSA) is 82.5 Å². The van der Waals surface area contributed by atoms with Crippen molar-refractivity contribution in [2.75, 3.05) is 13.3 Å². The van der Waals surface area contributed by atoms with E-state index in [2.05, 4.69) is 10.3 Å². The molecule has 1 aliphatic rings. The van der Waals surface area contributed by atoms with Crippen molar-refractivity contribution < 1.29 is 14.3 Å². The third-order valence-electron chi connectivity index (χ3n) is 4.64. The van der Waals surface area contributed by atoms with E-state index in [-0.39, 0.29) is 24.8 Å². The van der Waals surface area contributed by atoms with Crippen LogP contribution >= 0.6 is 11.3 Å². The van der Waals surface area contributed by atoms with E-state index < -0.39 is 0 Å². The summed E-state index contributed by atoms with van der Waals surface area (Å²) < 4.78 is 12.0. The van der Waals surface area contributed by atoms with E-state index in [0.717, 1.165) is 32.3 Å². The highest BCUT2D eigenvalue weighted by molar-refractivity contribution is 7.18. The molecule has 1 amide bonds. The van der Waals surface area contributed by atoms with Crippen LogP contribution in [0, 0.1) is 13.8 Å². The number of nitrogens with zero attached hydrogens (tertiary/aromatic N) is 2. The van der Waals surface area contributed by atoms with Crippen molar-refractivity contribution in [3.8, 4) is 11.5 Å². The summed E-state index contributed by atoms with van der Waals surface area (Å²) in [6.45, 7) is 4.55. The molecular weight excluding hydrogens is 366 g/mol. The minimum Gasteiger partial charge on any atom is -0.454 e. The molecule has 0 bridgehead atoms. The molecule has 7 nitrogen and oxygen atoms in total. The Balaban J connectivity index is 1.38. The molecule has 140 valence electrons. The maximum absolute atomic E-state index is 12.6. The van der Waals surface area contributed by atoms with E-state index in [1.54, 1.807) is 0 Å². The largest absolute Gasteiger partial charge is 0.454 e. The second-order valence-corrected chi connectivity index (χ2v) is 7.63. The van der Waals surface area contributed by atoms with Crippen LogP contribution in [-0.2, 0) is 17.8 Å². The number of carbonyl (C=O) groups is 1. The number of fused-ring (bicyclic) bond motifs is 2. The standard InChI is InChI=1S/C19H19N3O4S/c1-11-12(2)27-18-17(11)19(24)22(9-21-18)8-16(23)20-6-5-13-3-4-14-15(7-13)26-10-25-14/h3-4,7,9H,5-6,8,10H2,1-2H3,(H,20,23). The number of rotatable bonds is 5. The second kappa shape index (κ2) is 7.03. The fourth-order valence-corrected chi connectivity index (χ4v) is 4.02. The molecule has 3 heterocycles. The lowest BCUT2D eigenvalue weighted by molar-refractivity contribution is -0.121. The van der Waals surface area contributed by atoms with Gasteiger partial charge in [0.1, 0.15) is 11.4 Å². The number of amides is 1. The summed E-state index contributed by atoms with van der Waals surface area (Å²) in [7, 11) is 0. The zero-order valence-corrected chi connectivity index (χ0v) is 15.9. The Kier molecular flexibility index (Phi) is 4.57. The number of thiophene rings is 1. The second-order valence-electron chi connectivity index (χ2n) is 6.43. The van der Waals surface area contributed by atoms with E-state index in [0.29, 0.717) is 18.4 Å². The van der Waals surface area contributed by atoms with Gasteiger partial charge in [0.25, 0.3) is 5.56 Å². The van der Waals surface area contributed by atoms with Gasteiger partial charge in [-0.3, -0.25) is 14.2 Å². The highest BCUT2D eigenvalue weighted by Crippen LogP contribution is 2.32. The lowest BCUT2D eigenvalue weighted by Crippen LogP contribution is -2.33. The van der Waals surface area contributed by atoms with Gasteiger partial charge in [0.15, 0.2) is 11.5 Å². The molecule has 1 N–H and O–H groups in total. The number of hydrogen-bond acceptors (Lipinski definition) is 6. The molecule has 0 saturated carbocycles. The van der Waals surface area contributed by atoms with Crippen molar-refractivity contribution in [1.82, 2.24) is 14.9 Å². The minimum absolute atomic E-state index is 0.0444. The number of hydrogen-bond donors (Lipinski definition) is 1. The molecule has 1 aromatic carbocycles. The monoisotopic (exact) mass is 385 g/mol. The Morgan fingerprint density at radius 1 is 1.30 bits per heavy atom. The van der Waals surface area contributed by atoms with Gasteiger partial charge in [0.05, 0.1) is 11.7 Å². The minimum atomic E-state index is -0.219. The number of carbonyl (C=O) groups excluding carboxylic acids is 1. The highest BCUT2D eigenvalue weighted by Gasteiger charge is 2.15. The lowest BCUT2D eigenvalue weighted by atomic mass is 10.1. The van der Waals surface area contributed by atoms with Crippen molar-refractivity contribution >= 4 is 27.5 Å². The normalized spacial score (nSPS) is 12.5. The molecule has 0 saturated heterocycles. The first-order chi connectivity index (χ1) is 13.0. The van der Waals surface area contributed by atoms with E-state index in [1.165, 1.54) is 22.2 Å². The van der Waals surface area contributed by atoms with Gasteiger partial charge in [-0.1, -0.05) is 6.07 Å². The molecule has 2 aromatic heterocycles. The van der Waals surface area contributed by atoms with Crippen LogP contribution in [0.5, 0.6) is 11.5 Å².